The van der Waals surface area contributed by atoms with Crippen molar-refractivity contribution in [1.29, 1.82) is 0 Å². The van der Waals surface area contributed by atoms with Crippen LogP contribution in [0.4, 0.5) is 10.8 Å². The molecule has 6 nitrogen and oxygen atoms in total. The van der Waals surface area contributed by atoms with Crippen molar-refractivity contribution in [2.24, 2.45) is 0 Å². The van der Waals surface area contributed by atoms with Gasteiger partial charge in [0.2, 0.25) is 11.0 Å². The van der Waals surface area contributed by atoms with E-state index in [1.54, 1.807) is 0 Å². The number of nitrogens with zero attached hydrogens (tertiary/aromatic N) is 2. The lowest BCUT2D eigenvalue weighted by molar-refractivity contribution is -0.113. The molecule has 1 aliphatic rings. The second-order valence-corrected chi connectivity index (χ2v) is 8.92. The van der Waals surface area contributed by atoms with Gasteiger partial charge < -0.3 is 15.4 Å². The Morgan fingerprint density at radius 1 is 1.31 bits per heavy atom. The molecule has 0 bridgehead atoms. The van der Waals surface area contributed by atoms with E-state index in [4.69, 9.17) is 39.5 Å². The van der Waals surface area contributed by atoms with Crippen LogP contribution < -0.4 is 10.6 Å². The molecular formula is C15H15Cl3N4O2S2. The zero-order chi connectivity index (χ0) is 18.5. The lowest BCUT2D eigenvalue weighted by Crippen LogP contribution is -2.18. The maximum absolute atomic E-state index is 12.1. The predicted molar refractivity (Wildman–Crippen MR) is 108 cm³/mol. The second-order valence-electron chi connectivity index (χ2n) is 5.47. The van der Waals surface area contributed by atoms with Crippen LogP contribution >= 0.6 is 57.9 Å². The molecular weight excluding hydrogens is 439 g/mol. The van der Waals surface area contributed by atoms with E-state index in [0.717, 1.165) is 19.4 Å². The third-order valence-electron chi connectivity index (χ3n) is 3.51. The van der Waals surface area contributed by atoms with E-state index < -0.39 is 0 Å². The van der Waals surface area contributed by atoms with Crippen molar-refractivity contribution in [2.75, 3.05) is 29.5 Å². The number of anilines is 2. The normalized spacial score (nSPS) is 16.7. The number of hydrogen-bond acceptors (Lipinski definition) is 7. The van der Waals surface area contributed by atoms with Crippen LogP contribution in [-0.4, -0.2) is 41.1 Å². The van der Waals surface area contributed by atoms with Crippen LogP contribution in [0.15, 0.2) is 16.5 Å². The fourth-order valence-electron chi connectivity index (χ4n) is 2.31. The Hall–Kier alpha value is -0.770. The summed E-state index contributed by atoms with van der Waals surface area (Å²) >= 11 is 20.7. The van der Waals surface area contributed by atoms with Crippen molar-refractivity contribution in [3.63, 3.8) is 0 Å². The average molecular weight is 454 g/mol. The molecule has 0 aliphatic carbocycles. The number of carbonyl (C=O) groups excluding carboxylic acids is 1. The summed E-state index contributed by atoms with van der Waals surface area (Å²) in [5.74, 6) is -0.0828. The molecule has 1 aromatic heterocycles. The fraction of sp³-hybridized carbons (Fsp3) is 0.400. The first kappa shape index (κ1) is 20.0. The van der Waals surface area contributed by atoms with Crippen LogP contribution in [0.5, 0.6) is 0 Å². The molecule has 1 atom stereocenters. The van der Waals surface area contributed by atoms with Gasteiger partial charge in [-0.25, -0.2) is 0 Å². The Morgan fingerprint density at radius 3 is 2.77 bits per heavy atom. The van der Waals surface area contributed by atoms with Crippen molar-refractivity contribution >= 4 is 74.6 Å². The number of carbonyl (C=O) groups is 1. The van der Waals surface area contributed by atoms with E-state index in [1.165, 1.54) is 35.2 Å². The maximum atomic E-state index is 12.1. The van der Waals surface area contributed by atoms with Crippen molar-refractivity contribution in [3.8, 4) is 0 Å². The molecule has 2 heterocycles. The van der Waals surface area contributed by atoms with Crippen LogP contribution in [0.2, 0.25) is 15.1 Å². The van der Waals surface area contributed by atoms with Gasteiger partial charge in [0.05, 0.1) is 27.6 Å². The van der Waals surface area contributed by atoms with E-state index in [9.17, 15) is 4.79 Å². The molecule has 1 unspecified atom stereocenters. The van der Waals surface area contributed by atoms with Gasteiger partial charge in [0, 0.05) is 18.2 Å². The third-order valence-corrected chi connectivity index (χ3v) is 6.34. The molecule has 140 valence electrons. The number of hydrogen-bond donors (Lipinski definition) is 2. The number of thioether (sulfide) groups is 1. The van der Waals surface area contributed by atoms with Gasteiger partial charge in [0.15, 0.2) is 4.34 Å². The number of ether oxygens (including phenoxy) is 1. The Labute approximate surface area is 173 Å². The Kier molecular flexibility index (Phi) is 7.25. The highest BCUT2D eigenvalue weighted by Crippen LogP contribution is 2.34. The molecule has 2 N–H and O–H groups in total. The minimum Gasteiger partial charge on any atom is -0.376 e. The first-order chi connectivity index (χ1) is 12.5. The molecule has 26 heavy (non-hydrogen) atoms. The maximum Gasteiger partial charge on any atom is 0.234 e. The van der Waals surface area contributed by atoms with Gasteiger partial charge in [-0.15, -0.1) is 10.2 Å². The van der Waals surface area contributed by atoms with Crippen LogP contribution in [0.3, 0.4) is 0 Å². The summed E-state index contributed by atoms with van der Waals surface area (Å²) < 4.78 is 6.25. The minimum absolute atomic E-state index is 0.162. The summed E-state index contributed by atoms with van der Waals surface area (Å²) in [5.41, 5.74) is 0.347. The van der Waals surface area contributed by atoms with E-state index in [-0.39, 0.29) is 27.8 Å². The number of halogens is 3. The Balaban J connectivity index is 1.47. The number of benzene rings is 1. The predicted octanol–water partition coefficient (Wildman–Crippen LogP) is 4.82. The summed E-state index contributed by atoms with van der Waals surface area (Å²) in [7, 11) is 0. The summed E-state index contributed by atoms with van der Waals surface area (Å²) in [6.45, 7) is 1.54. The molecule has 1 aromatic carbocycles. The van der Waals surface area contributed by atoms with Gasteiger partial charge in [-0.1, -0.05) is 57.9 Å². The van der Waals surface area contributed by atoms with Crippen molar-refractivity contribution in [1.82, 2.24) is 10.2 Å². The van der Waals surface area contributed by atoms with Crippen molar-refractivity contribution < 1.29 is 9.53 Å². The number of amides is 1. The molecule has 0 saturated carbocycles. The highest BCUT2D eigenvalue weighted by Gasteiger charge is 2.16. The van der Waals surface area contributed by atoms with E-state index >= 15 is 0 Å². The van der Waals surface area contributed by atoms with Crippen LogP contribution in [-0.2, 0) is 9.53 Å². The molecule has 1 saturated heterocycles. The van der Waals surface area contributed by atoms with Crippen LogP contribution in [0.1, 0.15) is 12.8 Å². The zero-order valence-corrected chi connectivity index (χ0v) is 17.3. The Bertz CT molecular complexity index is 761. The monoisotopic (exact) mass is 452 g/mol. The molecule has 11 heteroatoms. The second kappa shape index (κ2) is 9.43. The standard InChI is InChI=1S/C15H15Cl3N4O2S2/c16-8-4-10(17)13(11(18)5-8)20-12(23)7-25-15-22-21-14(26-15)19-6-9-2-1-3-24-9/h4-5,9H,1-3,6-7H2,(H,19,21)(H,20,23). The first-order valence-corrected chi connectivity index (χ1v) is 10.7. The molecule has 1 fully saturated rings. The number of nitrogens with one attached hydrogen (secondary N) is 2. The van der Waals surface area contributed by atoms with Crippen molar-refractivity contribution in [3.05, 3.63) is 27.2 Å². The molecule has 3 rings (SSSR count). The summed E-state index contributed by atoms with van der Waals surface area (Å²) in [6, 6.07) is 3.04. The van der Waals surface area contributed by atoms with Gasteiger partial charge in [0.25, 0.3) is 0 Å². The van der Waals surface area contributed by atoms with Gasteiger partial charge >= 0.3 is 0 Å². The summed E-state index contributed by atoms with van der Waals surface area (Å²) in [5, 5.41) is 15.7. The number of rotatable bonds is 7. The zero-order valence-electron chi connectivity index (χ0n) is 13.4. The molecule has 1 aliphatic heterocycles. The topological polar surface area (TPSA) is 76.1 Å². The van der Waals surface area contributed by atoms with Crippen LogP contribution in [0.25, 0.3) is 0 Å². The summed E-state index contributed by atoms with van der Waals surface area (Å²) in [4.78, 5) is 12.1. The first-order valence-electron chi connectivity index (χ1n) is 7.77. The van der Waals surface area contributed by atoms with Gasteiger partial charge in [-0.2, -0.15) is 0 Å². The van der Waals surface area contributed by atoms with E-state index in [1.807, 2.05) is 0 Å². The SMILES string of the molecule is O=C(CSc1nnc(NCC2CCCO2)s1)Nc1c(Cl)cc(Cl)cc1Cl. The third kappa shape index (κ3) is 5.61. The largest absolute Gasteiger partial charge is 0.376 e. The minimum atomic E-state index is -0.245. The quantitative estimate of drug-likeness (QED) is 0.585. The lowest BCUT2D eigenvalue weighted by atomic mass is 10.2. The van der Waals surface area contributed by atoms with Gasteiger partial charge in [0.1, 0.15) is 0 Å². The van der Waals surface area contributed by atoms with Crippen molar-refractivity contribution in [2.45, 2.75) is 23.3 Å². The van der Waals surface area contributed by atoms with Gasteiger partial charge in [-0.3, -0.25) is 4.79 Å². The van der Waals surface area contributed by atoms with E-state index in [0.29, 0.717) is 26.7 Å². The number of aromatic nitrogens is 2. The smallest absolute Gasteiger partial charge is 0.234 e. The molecule has 0 radical (unpaired) electrons. The Morgan fingerprint density at radius 2 is 2.08 bits per heavy atom. The molecule has 2 aromatic rings. The van der Waals surface area contributed by atoms with Crippen LogP contribution in [0, 0.1) is 0 Å². The molecule has 0 spiro atoms. The fourth-order valence-corrected chi connectivity index (χ4v) is 4.78. The highest BCUT2D eigenvalue weighted by molar-refractivity contribution is 8.01. The van der Waals surface area contributed by atoms with E-state index in [2.05, 4.69) is 20.8 Å². The summed E-state index contributed by atoms with van der Waals surface area (Å²) in [6.07, 6.45) is 2.39. The highest BCUT2D eigenvalue weighted by atomic mass is 35.5. The van der Waals surface area contributed by atoms with Gasteiger partial charge in [-0.05, 0) is 25.0 Å². The average Bonchev–Trinajstić information content (AvgIpc) is 3.25. The lowest BCUT2D eigenvalue weighted by Gasteiger charge is -2.09. The molecule has 1 amide bonds.